The molecule has 0 saturated carbocycles. The van der Waals surface area contributed by atoms with Gasteiger partial charge in [0.05, 0.1) is 42.1 Å². The van der Waals surface area contributed by atoms with Crippen molar-refractivity contribution in [2.75, 3.05) is 13.7 Å². The predicted octanol–water partition coefficient (Wildman–Crippen LogP) is -0.00120. The number of hydrogen-bond acceptors (Lipinski definition) is 12. The van der Waals surface area contributed by atoms with Crippen molar-refractivity contribution in [1.29, 1.82) is 0 Å². The number of ketones is 3. The molecule has 40 heavy (non-hydrogen) atoms. The largest absolute Gasteiger partial charge is 0.507 e. The van der Waals surface area contributed by atoms with E-state index >= 15 is 0 Å². The molecule has 0 aromatic heterocycles. The van der Waals surface area contributed by atoms with Gasteiger partial charge in [-0.05, 0) is 13.0 Å². The van der Waals surface area contributed by atoms with Crippen molar-refractivity contribution in [3.63, 3.8) is 0 Å². The van der Waals surface area contributed by atoms with Crippen molar-refractivity contribution < 1.29 is 71.2 Å². The Morgan fingerprint density at radius 1 is 1.15 bits per heavy atom. The molecular weight excluding hydrogens is 578 g/mol. The SMILES string of the molecule is COc1cccc2c1C(=O)c1c(O)c3c(c(O)c1C2=O)C[C@@](O)(C(=O)CO)C[C@@H]3O[C@H]1C[C@H](N)[C@H](O)[C@H](C)O1.[Cu]. The van der Waals surface area contributed by atoms with Crippen LogP contribution in [-0.4, -0.2) is 86.7 Å². The van der Waals surface area contributed by atoms with E-state index in [4.69, 9.17) is 19.9 Å². The van der Waals surface area contributed by atoms with Crippen LogP contribution in [0.3, 0.4) is 0 Å². The van der Waals surface area contributed by atoms with Gasteiger partial charge in [-0.3, -0.25) is 14.4 Å². The Morgan fingerprint density at radius 3 is 2.45 bits per heavy atom. The van der Waals surface area contributed by atoms with E-state index in [2.05, 4.69) is 0 Å². The molecule has 0 amide bonds. The van der Waals surface area contributed by atoms with E-state index in [1.54, 1.807) is 6.92 Å². The monoisotopic (exact) mass is 606 g/mol. The summed E-state index contributed by atoms with van der Waals surface area (Å²) >= 11 is 0. The van der Waals surface area contributed by atoms with Gasteiger partial charge in [-0.15, -0.1) is 0 Å². The second kappa shape index (κ2) is 10.8. The van der Waals surface area contributed by atoms with Crippen LogP contribution in [0.25, 0.3) is 0 Å². The summed E-state index contributed by atoms with van der Waals surface area (Å²) in [4.78, 5) is 39.7. The smallest absolute Gasteiger partial charge is 0.202 e. The van der Waals surface area contributed by atoms with E-state index in [0.29, 0.717) is 0 Å². The molecule has 13 heteroatoms. The molecule has 2 aromatic rings. The Kier molecular flexibility index (Phi) is 8.16. The summed E-state index contributed by atoms with van der Waals surface area (Å²) < 4.78 is 17.0. The first-order valence-electron chi connectivity index (χ1n) is 12.4. The van der Waals surface area contributed by atoms with Gasteiger partial charge in [-0.1, -0.05) is 12.1 Å². The van der Waals surface area contributed by atoms with Crippen molar-refractivity contribution in [1.82, 2.24) is 0 Å². The number of aliphatic hydroxyl groups excluding tert-OH is 2. The van der Waals surface area contributed by atoms with E-state index < -0.39 is 95.7 Å². The Labute approximate surface area is 239 Å². The van der Waals surface area contributed by atoms with Crippen molar-refractivity contribution in [2.45, 2.75) is 62.4 Å². The molecule has 3 aliphatic rings. The van der Waals surface area contributed by atoms with Gasteiger partial charge in [0.1, 0.15) is 29.5 Å². The molecule has 0 unspecified atom stereocenters. The maximum Gasteiger partial charge on any atom is 0.202 e. The molecule has 1 heterocycles. The van der Waals surface area contributed by atoms with E-state index in [1.165, 1.54) is 25.3 Å². The van der Waals surface area contributed by atoms with Crippen LogP contribution < -0.4 is 10.5 Å². The molecule has 219 valence electrons. The zero-order valence-electron chi connectivity index (χ0n) is 21.5. The van der Waals surface area contributed by atoms with Crippen molar-refractivity contribution in [3.05, 3.63) is 51.6 Å². The fourth-order valence-electron chi connectivity index (χ4n) is 5.75. The average Bonchev–Trinajstić information content (AvgIpc) is 2.90. The molecule has 1 radical (unpaired) electrons. The van der Waals surface area contributed by atoms with Crippen LogP contribution in [0.15, 0.2) is 18.2 Å². The third-order valence-electron chi connectivity index (χ3n) is 7.81. The standard InChI is InChI=1S/C27H29NO11.Cu/c1-10-22(31)13(28)6-17(38-10)39-15-8-27(36,16(30)9-29)7-12-19(15)26(35)21-20(24(12)33)23(32)11-4-3-5-14(37-2)18(11)25(21)34;/h3-5,10,13,15,17,22,29,31,33,35-36H,6-9,28H2,1-2H3;/t10-,13-,15-,17-,22+,27-;/m0./s1. The van der Waals surface area contributed by atoms with Gasteiger partial charge < -0.3 is 45.5 Å². The van der Waals surface area contributed by atoms with E-state index in [1.807, 2.05) is 0 Å². The summed E-state index contributed by atoms with van der Waals surface area (Å²) in [6.07, 6.45) is -5.12. The van der Waals surface area contributed by atoms with Gasteiger partial charge in [0, 0.05) is 59.1 Å². The first kappa shape index (κ1) is 30.1. The van der Waals surface area contributed by atoms with Crippen LogP contribution in [0, 0.1) is 0 Å². The van der Waals surface area contributed by atoms with Crippen LogP contribution in [0.4, 0.5) is 0 Å². The minimum absolute atomic E-state index is 0. The van der Waals surface area contributed by atoms with Crippen LogP contribution in [0.5, 0.6) is 17.2 Å². The van der Waals surface area contributed by atoms with Crippen LogP contribution >= 0.6 is 0 Å². The maximum atomic E-state index is 13.6. The topological polar surface area (TPSA) is 206 Å². The summed E-state index contributed by atoms with van der Waals surface area (Å²) in [5.41, 5.74) is 2.37. The molecule has 0 bridgehead atoms. The normalized spacial score (nSPS) is 29.1. The van der Waals surface area contributed by atoms with E-state index in [0.717, 1.165) is 0 Å². The Balaban J connectivity index is 0.00000370. The second-order valence-corrected chi connectivity index (χ2v) is 10.2. The van der Waals surface area contributed by atoms with Crippen molar-refractivity contribution >= 4 is 17.3 Å². The van der Waals surface area contributed by atoms with E-state index in [9.17, 15) is 39.9 Å². The molecule has 12 nitrogen and oxygen atoms in total. The number of fused-ring (bicyclic) bond motifs is 3. The first-order valence-corrected chi connectivity index (χ1v) is 12.4. The summed E-state index contributed by atoms with van der Waals surface area (Å²) in [5, 5.41) is 53.7. The molecule has 6 atom stereocenters. The van der Waals surface area contributed by atoms with Gasteiger partial charge in [0.25, 0.3) is 0 Å². The molecule has 7 N–H and O–H groups in total. The summed E-state index contributed by atoms with van der Waals surface area (Å²) in [6.45, 7) is 0.560. The number of carbonyl (C=O) groups is 3. The fraction of sp³-hybridized carbons (Fsp3) is 0.444. The number of nitrogens with two attached hydrogens (primary N) is 1. The van der Waals surface area contributed by atoms with E-state index in [-0.39, 0.29) is 51.5 Å². The molecule has 0 spiro atoms. The third kappa shape index (κ3) is 4.52. The maximum absolute atomic E-state index is 13.6. The number of ether oxygens (including phenoxy) is 3. The number of aliphatic hydroxyl groups is 3. The van der Waals surface area contributed by atoms with Gasteiger partial charge in [0.2, 0.25) is 5.78 Å². The summed E-state index contributed by atoms with van der Waals surface area (Å²) in [7, 11) is 1.32. The fourth-order valence-corrected chi connectivity index (χ4v) is 5.75. The molecule has 1 fully saturated rings. The molecule has 2 aromatic carbocycles. The quantitative estimate of drug-likeness (QED) is 0.168. The van der Waals surface area contributed by atoms with Crippen LogP contribution in [0.1, 0.15) is 68.8 Å². The third-order valence-corrected chi connectivity index (χ3v) is 7.81. The second-order valence-electron chi connectivity index (χ2n) is 10.2. The number of rotatable bonds is 5. The number of Topliss-reactive ketones (excluding diaryl/α,β-unsaturated/α-hetero) is 1. The van der Waals surface area contributed by atoms with Crippen LogP contribution in [-0.2, 0) is 37.8 Å². The minimum atomic E-state index is -2.24. The van der Waals surface area contributed by atoms with Crippen molar-refractivity contribution in [3.8, 4) is 17.2 Å². The molecule has 1 saturated heterocycles. The average molecular weight is 607 g/mol. The molecule has 5 rings (SSSR count). The number of phenols is 2. The zero-order chi connectivity index (χ0) is 28.4. The van der Waals surface area contributed by atoms with Crippen LogP contribution in [0.2, 0.25) is 0 Å². The number of hydrogen-bond donors (Lipinski definition) is 6. The summed E-state index contributed by atoms with van der Waals surface area (Å²) in [5.74, 6) is -3.77. The first-order chi connectivity index (χ1) is 18.4. The number of phenolic OH excluding ortho intramolecular Hbond substituents is 2. The number of benzene rings is 2. The number of carbonyl (C=O) groups excluding carboxylic acids is 3. The number of methoxy groups -OCH3 is 1. The Bertz CT molecular complexity index is 1380. The Morgan fingerprint density at radius 2 is 1.82 bits per heavy atom. The van der Waals surface area contributed by atoms with Gasteiger partial charge in [0.15, 0.2) is 17.9 Å². The predicted molar refractivity (Wildman–Crippen MR) is 132 cm³/mol. The molecular formula is C27H29CuNO11. The van der Waals surface area contributed by atoms with Gasteiger partial charge in [-0.2, -0.15) is 0 Å². The van der Waals surface area contributed by atoms with Gasteiger partial charge >= 0.3 is 0 Å². The molecule has 2 aliphatic carbocycles. The molecule has 1 aliphatic heterocycles. The Hall–Kier alpha value is -2.87. The van der Waals surface area contributed by atoms with Crippen molar-refractivity contribution in [2.24, 2.45) is 5.73 Å². The summed E-state index contributed by atoms with van der Waals surface area (Å²) in [6, 6.07) is 3.64. The minimum Gasteiger partial charge on any atom is -0.507 e. The van der Waals surface area contributed by atoms with Gasteiger partial charge in [-0.25, -0.2) is 0 Å². The zero-order valence-corrected chi connectivity index (χ0v) is 22.5. The number of aromatic hydroxyl groups is 2.